The number of carbonyl (C=O) groups is 1. The molecule has 0 aliphatic rings. The number of imidazole rings is 1. The van der Waals surface area contributed by atoms with Crippen molar-refractivity contribution in [2.45, 2.75) is 71.3 Å². The fourth-order valence-electron chi connectivity index (χ4n) is 3.97. The Morgan fingerprint density at radius 3 is 2.52 bits per heavy atom. The Balaban J connectivity index is 1.45. The standard InChI is InChI=1S/C26H34ClN3O/c1-2-3-4-5-13-20-30-24-17-11-10-16-23(24)29-25(30)18-7-6-12-19-28-26(31)21-14-8-9-15-22(21)27/h8-11,14-17H,2-7,12-13,18-20H2,1H3,(H,28,31). The van der Waals surface area contributed by atoms with E-state index >= 15 is 0 Å². The maximum Gasteiger partial charge on any atom is 0.252 e. The van der Waals surface area contributed by atoms with Crippen LogP contribution in [0.5, 0.6) is 0 Å². The van der Waals surface area contributed by atoms with Crippen LogP contribution in [0.25, 0.3) is 11.0 Å². The average Bonchev–Trinajstić information content (AvgIpc) is 3.13. The quantitative estimate of drug-likeness (QED) is 0.297. The van der Waals surface area contributed by atoms with Gasteiger partial charge in [0.2, 0.25) is 0 Å². The number of aryl methyl sites for hydroxylation is 2. The third kappa shape index (κ3) is 6.83. The molecule has 1 heterocycles. The Kier molecular flexibility index (Phi) is 9.41. The van der Waals surface area contributed by atoms with E-state index in [0.717, 1.165) is 37.7 Å². The van der Waals surface area contributed by atoms with Crippen molar-refractivity contribution < 1.29 is 4.79 Å². The van der Waals surface area contributed by atoms with Crippen LogP contribution in [0, 0.1) is 0 Å². The van der Waals surface area contributed by atoms with Crippen LogP contribution in [-0.4, -0.2) is 22.0 Å². The second-order valence-electron chi connectivity index (χ2n) is 8.13. The van der Waals surface area contributed by atoms with Gasteiger partial charge in [0.25, 0.3) is 5.91 Å². The molecule has 1 N–H and O–H groups in total. The molecule has 0 aliphatic carbocycles. The van der Waals surface area contributed by atoms with Gasteiger partial charge in [-0.1, -0.05) is 74.9 Å². The number of unbranched alkanes of at least 4 members (excludes halogenated alkanes) is 6. The van der Waals surface area contributed by atoms with Gasteiger partial charge in [-0.25, -0.2) is 4.98 Å². The van der Waals surface area contributed by atoms with E-state index in [0.29, 0.717) is 17.1 Å². The molecule has 0 unspecified atom stereocenters. The first-order chi connectivity index (χ1) is 15.2. The minimum absolute atomic E-state index is 0.101. The zero-order valence-electron chi connectivity index (χ0n) is 18.6. The molecule has 0 bridgehead atoms. The van der Waals surface area contributed by atoms with E-state index in [1.54, 1.807) is 12.1 Å². The van der Waals surface area contributed by atoms with Crippen molar-refractivity contribution in [3.05, 3.63) is 64.9 Å². The Bertz CT molecular complexity index is 966. The topological polar surface area (TPSA) is 46.9 Å². The molecule has 0 atom stereocenters. The highest BCUT2D eigenvalue weighted by Gasteiger charge is 2.11. The Morgan fingerprint density at radius 1 is 0.935 bits per heavy atom. The number of hydrogen-bond donors (Lipinski definition) is 1. The first kappa shape index (κ1) is 23.3. The van der Waals surface area contributed by atoms with Gasteiger partial charge in [-0.05, 0) is 43.5 Å². The minimum atomic E-state index is -0.101. The lowest BCUT2D eigenvalue weighted by atomic mass is 10.1. The number of amides is 1. The van der Waals surface area contributed by atoms with Gasteiger partial charge in [0.1, 0.15) is 5.82 Å². The number of fused-ring (bicyclic) bond motifs is 1. The molecule has 0 radical (unpaired) electrons. The molecule has 166 valence electrons. The molecule has 0 aliphatic heterocycles. The SMILES string of the molecule is CCCCCCCn1c(CCCCCNC(=O)c2ccccc2Cl)nc2ccccc21. The molecule has 0 spiro atoms. The smallest absolute Gasteiger partial charge is 0.252 e. The monoisotopic (exact) mass is 439 g/mol. The maximum atomic E-state index is 12.2. The van der Waals surface area contributed by atoms with Crippen molar-refractivity contribution in [3.8, 4) is 0 Å². The van der Waals surface area contributed by atoms with E-state index < -0.39 is 0 Å². The average molecular weight is 440 g/mol. The van der Waals surface area contributed by atoms with Gasteiger partial charge in [0.15, 0.2) is 0 Å². The molecule has 2 aromatic carbocycles. The van der Waals surface area contributed by atoms with Crippen LogP contribution in [0.4, 0.5) is 0 Å². The van der Waals surface area contributed by atoms with Gasteiger partial charge in [-0.15, -0.1) is 0 Å². The zero-order chi connectivity index (χ0) is 21.9. The lowest BCUT2D eigenvalue weighted by molar-refractivity contribution is 0.0953. The molecule has 3 rings (SSSR count). The highest BCUT2D eigenvalue weighted by Crippen LogP contribution is 2.19. The molecule has 31 heavy (non-hydrogen) atoms. The summed E-state index contributed by atoms with van der Waals surface area (Å²) in [6, 6.07) is 15.6. The molecule has 0 saturated carbocycles. The summed E-state index contributed by atoms with van der Waals surface area (Å²) >= 11 is 6.09. The molecule has 1 amide bonds. The first-order valence-corrected chi connectivity index (χ1v) is 12.1. The van der Waals surface area contributed by atoms with E-state index in [9.17, 15) is 4.79 Å². The van der Waals surface area contributed by atoms with Crippen molar-refractivity contribution >= 4 is 28.5 Å². The van der Waals surface area contributed by atoms with E-state index in [4.69, 9.17) is 16.6 Å². The number of para-hydroxylation sites is 2. The summed E-state index contributed by atoms with van der Waals surface area (Å²) in [6.07, 6.45) is 10.5. The number of nitrogens with zero attached hydrogens (tertiary/aromatic N) is 2. The molecular formula is C26H34ClN3O. The van der Waals surface area contributed by atoms with E-state index in [1.807, 2.05) is 12.1 Å². The predicted octanol–water partition coefficient (Wildman–Crippen LogP) is 6.80. The van der Waals surface area contributed by atoms with E-state index in [2.05, 4.69) is 41.1 Å². The summed E-state index contributed by atoms with van der Waals surface area (Å²) in [4.78, 5) is 17.1. The summed E-state index contributed by atoms with van der Waals surface area (Å²) in [5.74, 6) is 1.09. The van der Waals surface area contributed by atoms with E-state index in [1.165, 1.54) is 43.4 Å². The summed E-state index contributed by atoms with van der Waals surface area (Å²) < 4.78 is 2.42. The minimum Gasteiger partial charge on any atom is -0.352 e. The number of hydrogen-bond acceptors (Lipinski definition) is 2. The Morgan fingerprint density at radius 2 is 1.68 bits per heavy atom. The lowest BCUT2D eigenvalue weighted by Crippen LogP contribution is -2.24. The van der Waals surface area contributed by atoms with Gasteiger partial charge >= 0.3 is 0 Å². The van der Waals surface area contributed by atoms with Crippen LogP contribution < -0.4 is 5.32 Å². The predicted molar refractivity (Wildman–Crippen MR) is 130 cm³/mol. The molecule has 3 aromatic rings. The molecule has 1 aromatic heterocycles. The number of benzene rings is 2. The lowest BCUT2D eigenvalue weighted by Gasteiger charge is -2.10. The van der Waals surface area contributed by atoms with Gasteiger partial charge in [-0.3, -0.25) is 4.79 Å². The van der Waals surface area contributed by atoms with Crippen molar-refractivity contribution in [2.24, 2.45) is 0 Å². The third-order valence-corrected chi connectivity index (χ3v) is 6.03. The number of halogens is 1. The summed E-state index contributed by atoms with van der Waals surface area (Å²) in [5.41, 5.74) is 2.88. The van der Waals surface area contributed by atoms with Crippen LogP contribution in [0.1, 0.15) is 74.5 Å². The maximum absolute atomic E-state index is 12.2. The molecule has 0 saturated heterocycles. The number of rotatable bonds is 13. The van der Waals surface area contributed by atoms with Crippen molar-refractivity contribution in [3.63, 3.8) is 0 Å². The van der Waals surface area contributed by atoms with Crippen LogP contribution in [0.2, 0.25) is 5.02 Å². The highest BCUT2D eigenvalue weighted by atomic mass is 35.5. The van der Waals surface area contributed by atoms with Crippen LogP contribution >= 0.6 is 11.6 Å². The Labute approximate surface area is 191 Å². The number of nitrogens with one attached hydrogen (secondary N) is 1. The van der Waals surface area contributed by atoms with E-state index in [-0.39, 0.29) is 5.91 Å². The highest BCUT2D eigenvalue weighted by molar-refractivity contribution is 6.33. The number of aromatic nitrogens is 2. The molecular weight excluding hydrogens is 406 g/mol. The normalized spacial score (nSPS) is 11.2. The third-order valence-electron chi connectivity index (χ3n) is 5.70. The van der Waals surface area contributed by atoms with Gasteiger partial charge < -0.3 is 9.88 Å². The van der Waals surface area contributed by atoms with Crippen LogP contribution in [0.3, 0.4) is 0 Å². The molecule has 0 fully saturated rings. The summed E-state index contributed by atoms with van der Waals surface area (Å²) in [7, 11) is 0. The second-order valence-corrected chi connectivity index (χ2v) is 8.54. The molecule has 5 heteroatoms. The fourth-order valence-corrected chi connectivity index (χ4v) is 4.19. The summed E-state index contributed by atoms with van der Waals surface area (Å²) in [5, 5.41) is 3.47. The van der Waals surface area contributed by atoms with Crippen molar-refractivity contribution in [1.29, 1.82) is 0 Å². The van der Waals surface area contributed by atoms with Crippen LogP contribution in [-0.2, 0) is 13.0 Å². The first-order valence-electron chi connectivity index (χ1n) is 11.7. The zero-order valence-corrected chi connectivity index (χ0v) is 19.3. The largest absolute Gasteiger partial charge is 0.352 e. The van der Waals surface area contributed by atoms with Gasteiger partial charge in [-0.2, -0.15) is 0 Å². The Hall–Kier alpha value is -2.33. The van der Waals surface area contributed by atoms with Gasteiger partial charge in [0, 0.05) is 19.5 Å². The van der Waals surface area contributed by atoms with Crippen molar-refractivity contribution in [2.75, 3.05) is 6.54 Å². The molecule has 4 nitrogen and oxygen atoms in total. The fraction of sp³-hybridized carbons (Fsp3) is 0.462. The van der Waals surface area contributed by atoms with Crippen molar-refractivity contribution in [1.82, 2.24) is 14.9 Å². The van der Waals surface area contributed by atoms with Gasteiger partial charge in [0.05, 0.1) is 21.6 Å². The second kappa shape index (κ2) is 12.5. The number of carbonyl (C=O) groups excluding carboxylic acids is 1. The van der Waals surface area contributed by atoms with Crippen LogP contribution in [0.15, 0.2) is 48.5 Å². The summed E-state index contributed by atoms with van der Waals surface area (Å²) in [6.45, 7) is 3.97.